The van der Waals surface area contributed by atoms with Gasteiger partial charge in [-0.1, -0.05) is 17.7 Å². The predicted octanol–water partition coefficient (Wildman–Crippen LogP) is 4.77. The molecule has 0 radical (unpaired) electrons. The largest absolute Gasteiger partial charge is 0.491 e. The molecule has 188 valence electrons. The summed E-state index contributed by atoms with van der Waals surface area (Å²) >= 11 is 0. The highest BCUT2D eigenvalue weighted by Gasteiger charge is 2.30. The van der Waals surface area contributed by atoms with Crippen molar-refractivity contribution in [2.75, 3.05) is 43.5 Å². The van der Waals surface area contributed by atoms with Gasteiger partial charge in [0.05, 0.1) is 7.11 Å². The molecular weight excluding hydrogens is 478 g/mol. The number of carbonyl (C=O) groups is 2. The van der Waals surface area contributed by atoms with E-state index in [2.05, 4.69) is 15.0 Å². The molecule has 2 amide bonds. The Morgan fingerprint density at radius 3 is 1.89 bits per heavy atom. The third-order valence-corrected chi connectivity index (χ3v) is 6.01. The number of rotatable bonds is 5. The van der Waals surface area contributed by atoms with Gasteiger partial charge in [-0.05, 0) is 43.3 Å². The van der Waals surface area contributed by atoms with E-state index in [1.807, 2.05) is 31.2 Å². The molecule has 6 nitrogen and oxygen atoms in total. The Morgan fingerprint density at radius 2 is 1.36 bits per heavy atom. The molecule has 0 unspecified atom stereocenters. The van der Waals surface area contributed by atoms with Crippen LogP contribution in [0.4, 0.5) is 28.9 Å². The molecule has 36 heavy (non-hydrogen) atoms. The molecule has 3 aromatic rings. The van der Waals surface area contributed by atoms with E-state index in [0.29, 0.717) is 31.7 Å². The number of piperazine rings is 1. The predicted molar refractivity (Wildman–Crippen MR) is 127 cm³/mol. The number of anilines is 2. The topological polar surface area (TPSA) is 61.9 Å². The molecule has 4 rings (SSSR count). The van der Waals surface area contributed by atoms with Crippen LogP contribution in [0.25, 0.3) is 0 Å². The quantitative estimate of drug-likeness (QED) is 0.404. The molecule has 1 N–H and O–H groups in total. The fourth-order valence-electron chi connectivity index (χ4n) is 3.99. The average molecular weight is 501 g/mol. The first-order valence-electron chi connectivity index (χ1n) is 11.1. The molecule has 1 fully saturated rings. The van der Waals surface area contributed by atoms with Gasteiger partial charge in [0, 0.05) is 43.1 Å². The molecule has 0 aromatic heterocycles. The number of hydrogen-bond donors (Lipinski definition) is 1. The molecule has 10 heteroatoms. The van der Waals surface area contributed by atoms with Crippen LogP contribution in [0, 0.1) is 30.2 Å². The molecule has 3 aromatic carbocycles. The standard InChI is InChI=1S/C26H23F4N3O3/c1-15-3-5-16(6-4-15)26(35)33-13-11-32(12-14-33)18-9-7-17(8-10-18)31-25(34)19-20(27)22(29)24(36-2)23(30)21(19)28/h3-10H,11-14H2,1-2H3,(H,31,34). The number of benzene rings is 3. The third-order valence-electron chi connectivity index (χ3n) is 6.01. The molecule has 1 aliphatic heterocycles. The summed E-state index contributed by atoms with van der Waals surface area (Å²) in [6.07, 6.45) is 0. The van der Waals surface area contributed by atoms with Gasteiger partial charge in [0.1, 0.15) is 5.56 Å². The minimum Gasteiger partial charge on any atom is -0.491 e. The van der Waals surface area contributed by atoms with E-state index in [9.17, 15) is 27.2 Å². The number of ether oxygens (including phenoxy) is 1. The van der Waals surface area contributed by atoms with Crippen LogP contribution in [0.2, 0.25) is 0 Å². The fraction of sp³-hybridized carbons (Fsp3) is 0.231. The summed E-state index contributed by atoms with van der Waals surface area (Å²) in [6.45, 7) is 4.18. The normalized spacial score (nSPS) is 13.5. The minimum absolute atomic E-state index is 0.0291. The van der Waals surface area contributed by atoms with Crippen molar-refractivity contribution in [1.82, 2.24) is 4.90 Å². The second kappa shape index (κ2) is 10.3. The number of carbonyl (C=O) groups excluding carboxylic acids is 2. The first-order valence-corrected chi connectivity index (χ1v) is 11.1. The summed E-state index contributed by atoms with van der Waals surface area (Å²) < 4.78 is 60.6. The summed E-state index contributed by atoms with van der Waals surface area (Å²) in [5, 5.41) is 2.24. The lowest BCUT2D eigenvalue weighted by Crippen LogP contribution is -2.48. The zero-order valence-electron chi connectivity index (χ0n) is 19.6. The smallest absolute Gasteiger partial charge is 0.261 e. The van der Waals surface area contributed by atoms with Gasteiger partial charge in [-0.25, -0.2) is 8.78 Å². The van der Waals surface area contributed by atoms with Crippen molar-refractivity contribution >= 4 is 23.2 Å². The summed E-state index contributed by atoms with van der Waals surface area (Å²) in [5.74, 6) is -9.91. The maximum atomic E-state index is 14.2. The third kappa shape index (κ3) is 4.84. The molecule has 0 saturated carbocycles. The van der Waals surface area contributed by atoms with Gasteiger partial charge >= 0.3 is 0 Å². The van der Waals surface area contributed by atoms with Gasteiger partial charge in [0.2, 0.25) is 11.6 Å². The Bertz CT molecular complexity index is 1260. The highest BCUT2D eigenvalue weighted by Crippen LogP contribution is 2.30. The second-order valence-corrected chi connectivity index (χ2v) is 8.31. The summed E-state index contributed by atoms with van der Waals surface area (Å²) in [7, 11) is 0.851. The van der Waals surface area contributed by atoms with Gasteiger partial charge in [-0.15, -0.1) is 0 Å². The van der Waals surface area contributed by atoms with Crippen LogP contribution < -0.4 is 15.0 Å². The Labute approximate surface area is 205 Å². The van der Waals surface area contributed by atoms with Crippen molar-refractivity contribution in [3.63, 3.8) is 0 Å². The van der Waals surface area contributed by atoms with Crippen LogP contribution in [-0.4, -0.2) is 50.0 Å². The molecule has 0 aliphatic carbocycles. The molecule has 0 atom stereocenters. The van der Waals surface area contributed by atoms with Gasteiger partial charge in [0.15, 0.2) is 17.4 Å². The highest BCUT2D eigenvalue weighted by molar-refractivity contribution is 6.05. The number of hydrogen-bond acceptors (Lipinski definition) is 4. The van der Waals surface area contributed by atoms with Crippen molar-refractivity contribution in [3.05, 3.63) is 88.5 Å². The lowest BCUT2D eigenvalue weighted by atomic mass is 10.1. The van der Waals surface area contributed by atoms with Crippen LogP contribution in [0.3, 0.4) is 0 Å². The summed E-state index contributed by atoms with van der Waals surface area (Å²) in [6, 6.07) is 13.8. The van der Waals surface area contributed by atoms with E-state index in [-0.39, 0.29) is 11.6 Å². The first kappa shape index (κ1) is 25.0. The minimum atomic E-state index is -1.85. The monoisotopic (exact) mass is 501 g/mol. The van der Waals surface area contributed by atoms with Crippen LogP contribution >= 0.6 is 0 Å². The summed E-state index contributed by atoms with van der Waals surface area (Å²) in [4.78, 5) is 28.9. The van der Waals surface area contributed by atoms with E-state index in [1.165, 1.54) is 12.1 Å². The molecule has 0 bridgehead atoms. The van der Waals surface area contributed by atoms with Crippen molar-refractivity contribution in [2.24, 2.45) is 0 Å². The van der Waals surface area contributed by atoms with Gasteiger partial charge in [-0.2, -0.15) is 8.78 Å². The van der Waals surface area contributed by atoms with E-state index < -0.39 is 40.5 Å². The van der Waals surface area contributed by atoms with E-state index in [1.54, 1.807) is 17.0 Å². The number of nitrogens with zero attached hydrogens (tertiary/aromatic N) is 2. The van der Waals surface area contributed by atoms with E-state index >= 15 is 0 Å². The number of amides is 2. The molecule has 1 aliphatic rings. The summed E-state index contributed by atoms with van der Waals surface area (Å²) in [5.41, 5.74) is 1.32. The Hall–Kier alpha value is -4.08. The number of nitrogens with one attached hydrogen (secondary N) is 1. The van der Waals surface area contributed by atoms with Crippen molar-refractivity contribution in [3.8, 4) is 5.75 Å². The van der Waals surface area contributed by atoms with Crippen LogP contribution in [-0.2, 0) is 0 Å². The second-order valence-electron chi connectivity index (χ2n) is 8.31. The molecule has 1 saturated heterocycles. The molecule has 1 heterocycles. The van der Waals surface area contributed by atoms with Crippen LogP contribution in [0.5, 0.6) is 5.75 Å². The van der Waals surface area contributed by atoms with E-state index in [4.69, 9.17) is 0 Å². The average Bonchev–Trinajstić information content (AvgIpc) is 2.89. The van der Waals surface area contributed by atoms with Gasteiger partial charge in [-0.3, -0.25) is 9.59 Å². The first-order chi connectivity index (χ1) is 17.2. The Kier molecular flexibility index (Phi) is 7.14. The van der Waals surface area contributed by atoms with Crippen LogP contribution in [0.15, 0.2) is 48.5 Å². The van der Waals surface area contributed by atoms with Crippen molar-refractivity contribution in [1.29, 1.82) is 0 Å². The molecular formula is C26H23F4N3O3. The fourth-order valence-corrected chi connectivity index (χ4v) is 3.99. The lowest BCUT2D eigenvalue weighted by molar-refractivity contribution is 0.0746. The molecule has 0 spiro atoms. The van der Waals surface area contributed by atoms with Crippen molar-refractivity contribution < 1.29 is 31.9 Å². The Balaban J connectivity index is 1.40. The lowest BCUT2D eigenvalue weighted by Gasteiger charge is -2.36. The zero-order chi connectivity index (χ0) is 26.0. The van der Waals surface area contributed by atoms with E-state index in [0.717, 1.165) is 18.4 Å². The number of methoxy groups -OCH3 is 1. The number of aryl methyl sites for hydroxylation is 1. The van der Waals surface area contributed by atoms with Crippen LogP contribution in [0.1, 0.15) is 26.3 Å². The number of halogens is 4. The van der Waals surface area contributed by atoms with Gasteiger partial charge < -0.3 is 19.9 Å². The van der Waals surface area contributed by atoms with Crippen molar-refractivity contribution in [2.45, 2.75) is 6.92 Å². The van der Waals surface area contributed by atoms with Gasteiger partial charge in [0.25, 0.3) is 11.8 Å². The maximum absolute atomic E-state index is 14.2. The highest BCUT2D eigenvalue weighted by atomic mass is 19.2. The zero-order valence-corrected chi connectivity index (χ0v) is 19.6. The SMILES string of the molecule is COc1c(F)c(F)c(C(=O)Nc2ccc(N3CCN(C(=O)c4ccc(C)cc4)CC3)cc2)c(F)c1F. The maximum Gasteiger partial charge on any atom is 0.261 e. The Morgan fingerprint density at radius 1 is 0.806 bits per heavy atom.